The van der Waals surface area contributed by atoms with Crippen molar-refractivity contribution in [2.24, 2.45) is 0 Å². The zero-order valence-corrected chi connectivity index (χ0v) is 14.1. The van der Waals surface area contributed by atoms with E-state index >= 15 is 0 Å². The minimum atomic E-state index is -1.27. The van der Waals surface area contributed by atoms with Gasteiger partial charge in [-0.15, -0.1) is 0 Å². The summed E-state index contributed by atoms with van der Waals surface area (Å²) in [7, 11) is 0. The monoisotopic (exact) mass is 367 g/mol. The lowest BCUT2D eigenvalue weighted by Crippen LogP contribution is -2.15. The molecule has 0 amide bonds. The molecular formula is C16H14FN9O. The van der Waals surface area contributed by atoms with Gasteiger partial charge in [0, 0.05) is 22.9 Å². The molecule has 0 saturated heterocycles. The molecule has 0 saturated carbocycles. The van der Waals surface area contributed by atoms with Gasteiger partial charge in [-0.1, -0.05) is 0 Å². The third-order valence-electron chi connectivity index (χ3n) is 4.02. The van der Waals surface area contributed by atoms with Crippen molar-refractivity contribution in [2.45, 2.75) is 13.2 Å². The molecule has 3 aromatic heterocycles. The molecule has 27 heavy (non-hydrogen) atoms. The molecule has 4 rings (SSSR count). The molecule has 136 valence electrons. The second-order valence-electron chi connectivity index (χ2n) is 5.59. The van der Waals surface area contributed by atoms with E-state index in [9.17, 15) is 9.50 Å². The number of hydrogen-bond donors (Lipinski definition) is 1. The predicted octanol–water partition coefficient (Wildman–Crippen LogP) is 1.17. The normalized spacial score (nSPS) is 13.4. The van der Waals surface area contributed by atoms with Crippen LogP contribution < -0.4 is 0 Å². The van der Waals surface area contributed by atoms with Gasteiger partial charge < -0.3 is 5.11 Å². The van der Waals surface area contributed by atoms with E-state index in [4.69, 9.17) is 0 Å². The molecule has 0 fully saturated rings. The maximum absolute atomic E-state index is 15.0. The van der Waals surface area contributed by atoms with Gasteiger partial charge in [0.15, 0.2) is 6.23 Å². The third-order valence-corrected chi connectivity index (χ3v) is 4.02. The SMILES string of the molecule is CC(=C(c1ccc(-n2cncn2)cc1F)C(O)n1cncn1)n1cncn1. The molecule has 0 aliphatic heterocycles. The van der Waals surface area contributed by atoms with Crippen LogP contribution in [0.2, 0.25) is 0 Å². The van der Waals surface area contributed by atoms with Crippen LogP contribution in [0.4, 0.5) is 4.39 Å². The van der Waals surface area contributed by atoms with E-state index < -0.39 is 12.0 Å². The van der Waals surface area contributed by atoms with Crippen molar-refractivity contribution < 1.29 is 9.50 Å². The average molecular weight is 367 g/mol. The molecule has 0 radical (unpaired) electrons. The van der Waals surface area contributed by atoms with Crippen LogP contribution in [0.3, 0.4) is 0 Å². The van der Waals surface area contributed by atoms with Crippen molar-refractivity contribution >= 4 is 11.3 Å². The van der Waals surface area contributed by atoms with Crippen LogP contribution in [-0.2, 0) is 0 Å². The van der Waals surface area contributed by atoms with E-state index in [1.165, 1.54) is 58.1 Å². The number of benzene rings is 1. The Morgan fingerprint density at radius 2 is 1.74 bits per heavy atom. The number of rotatable bonds is 5. The second-order valence-corrected chi connectivity index (χ2v) is 5.59. The van der Waals surface area contributed by atoms with Crippen LogP contribution in [0.1, 0.15) is 18.7 Å². The molecule has 0 spiro atoms. The molecule has 1 aromatic carbocycles. The lowest BCUT2D eigenvalue weighted by molar-refractivity contribution is 0.149. The molecule has 0 aliphatic rings. The van der Waals surface area contributed by atoms with Crippen molar-refractivity contribution in [3.05, 3.63) is 67.5 Å². The maximum atomic E-state index is 15.0. The zero-order chi connectivity index (χ0) is 18.8. The van der Waals surface area contributed by atoms with Crippen LogP contribution >= 0.6 is 0 Å². The summed E-state index contributed by atoms with van der Waals surface area (Å²) in [6.07, 6.45) is 7.01. The summed E-state index contributed by atoms with van der Waals surface area (Å²) in [5.41, 5.74) is 1.45. The minimum Gasteiger partial charge on any atom is -0.368 e. The quantitative estimate of drug-likeness (QED) is 0.563. The number of aliphatic hydroxyl groups excluding tert-OH is 1. The van der Waals surface area contributed by atoms with Gasteiger partial charge in [-0.25, -0.2) is 33.4 Å². The summed E-state index contributed by atoms with van der Waals surface area (Å²) in [5, 5.41) is 22.8. The minimum absolute atomic E-state index is 0.190. The summed E-state index contributed by atoms with van der Waals surface area (Å²) >= 11 is 0. The largest absolute Gasteiger partial charge is 0.368 e. The van der Waals surface area contributed by atoms with Crippen molar-refractivity contribution in [1.82, 2.24) is 44.3 Å². The summed E-state index contributed by atoms with van der Waals surface area (Å²) < 4.78 is 19.1. The molecule has 4 aromatic rings. The highest BCUT2D eigenvalue weighted by Crippen LogP contribution is 2.32. The van der Waals surface area contributed by atoms with Crippen LogP contribution in [0.15, 0.2) is 56.2 Å². The number of aromatic nitrogens is 9. The first-order chi connectivity index (χ1) is 13.1. The Morgan fingerprint density at radius 3 is 2.37 bits per heavy atom. The molecule has 10 nitrogen and oxygen atoms in total. The Hall–Kier alpha value is -3.73. The van der Waals surface area contributed by atoms with Gasteiger partial charge in [0.2, 0.25) is 0 Å². The Morgan fingerprint density at radius 1 is 1.00 bits per heavy atom. The number of nitrogens with zero attached hydrogens (tertiary/aromatic N) is 9. The van der Waals surface area contributed by atoms with Crippen molar-refractivity contribution in [1.29, 1.82) is 0 Å². The topological polar surface area (TPSA) is 112 Å². The number of aliphatic hydroxyl groups is 1. The van der Waals surface area contributed by atoms with Gasteiger partial charge >= 0.3 is 0 Å². The Kier molecular flexibility index (Phi) is 4.26. The van der Waals surface area contributed by atoms with E-state index in [1.807, 2.05) is 0 Å². The zero-order valence-electron chi connectivity index (χ0n) is 14.1. The predicted molar refractivity (Wildman–Crippen MR) is 91.4 cm³/mol. The first kappa shape index (κ1) is 16.7. The van der Waals surface area contributed by atoms with Gasteiger partial charge in [-0.2, -0.15) is 15.3 Å². The van der Waals surface area contributed by atoms with E-state index in [2.05, 4.69) is 30.2 Å². The fraction of sp³-hybridized carbons (Fsp3) is 0.125. The van der Waals surface area contributed by atoms with E-state index in [1.54, 1.807) is 19.1 Å². The standard InChI is InChI=1S/C16H14FN9O/c1-11(24-8-18-5-21-24)15(16(27)26-10-20-7-23-26)13-3-2-12(4-14(13)17)25-9-19-6-22-25/h2-10,16,27H,1H3. The van der Waals surface area contributed by atoms with Crippen LogP contribution in [-0.4, -0.2) is 49.4 Å². The van der Waals surface area contributed by atoms with Crippen LogP contribution in [0.5, 0.6) is 0 Å². The highest BCUT2D eigenvalue weighted by atomic mass is 19.1. The molecule has 0 bridgehead atoms. The van der Waals surface area contributed by atoms with Gasteiger partial charge in [0.1, 0.15) is 43.8 Å². The third kappa shape index (κ3) is 3.11. The maximum Gasteiger partial charge on any atom is 0.177 e. The number of hydrogen-bond acceptors (Lipinski definition) is 7. The van der Waals surface area contributed by atoms with Crippen molar-refractivity contribution in [2.75, 3.05) is 0 Å². The van der Waals surface area contributed by atoms with E-state index in [0.717, 1.165) is 0 Å². The number of allylic oxidation sites excluding steroid dienone is 1. The van der Waals surface area contributed by atoms with Gasteiger partial charge in [-0.05, 0) is 19.1 Å². The Labute approximate surface area is 152 Å². The summed E-state index contributed by atoms with van der Waals surface area (Å²) in [6, 6.07) is 4.55. The summed E-state index contributed by atoms with van der Waals surface area (Å²) in [5.74, 6) is -0.545. The molecule has 3 heterocycles. The Balaban J connectivity index is 1.85. The molecule has 1 atom stereocenters. The van der Waals surface area contributed by atoms with Crippen LogP contribution in [0, 0.1) is 5.82 Å². The average Bonchev–Trinajstić information content (AvgIpc) is 3.45. The molecule has 0 aliphatic carbocycles. The molecule has 11 heteroatoms. The smallest absolute Gasteiger partial charge is 0.177 e. The van der Waals surface area contributed by atoms with E-state index in [0.29, 0.717) is 11.4 Å². The lowest BCUT2D eigenvalue weighted by Gasteiger charge is -2.19. The van der Waals surface area contributed by atoms with Gasteiger partial charge in [0.25, 0.3) is 0 Å². The molecule has 1 N–H and O–H groups in total. The summed E-state index contributed by atoms with van der Waals surface area (Å²) in [4.78, 5) is 11.6. The first-order valence-electron chi connectivity index (χ1n) is 7.88. The van der Waals surface area contributed by atoms with Crippen molar-refractivity contribution in [3.63, 3.8) is 0 Å². The van der Waals surface area contributed by atoms with Gasteiger partial charge in [-0.3, -0.25) is 0 Å². The first-order valence-corrected chi connectivity index (χ1v) is 7.88. The highest BCUT2D eigenvalue weighted by Gasteiger charge is 2.23. The van der Waals surface area contributed by atoms with Gasteiger partial charge in [0.05, 0.1) is 5.69 Å². The number of halogens is 1. The highest BCUT2D eigenvalue weighted by molar-refractivity contribution is 5.83. The molecular weight excluding hydrogens is 353 g/mol. The van der Waals surface area contributed by atoms with E-state index in [-0.39, 0.29) is 11.1 Å². The fourth-order valence-corrected chi connectivity index (χ4v) is 2.71. The lowest BCUT2D eigenvalue weighted by atomic mass is 10.0. The summed E-state index contributed by atoms with van der Waals surface area (Å²) in [6.45, 7) is 1.70. The Bertz CT molecular complexity index is 1060. The second kappa shape index (κ2) is 6.88. The molecule has 1 unspecified atom stereocenters. The van der Waals surface area contributed by atoms with Crippen LogP contribution in [0.25, 0.3) is 17.0 Å². The fourth-order valence-electron chi connectivity index (χ4n) is 2.71. The van der Waals surface area contributed by atoms with Crippen molar-refractivity contribution in [3.8, 4) is 5.69 Å².